The number of carbonyl (C=O) groups is 1. The Morgan fingerprint density at radius 1 is 1.37 bits per heavy atom. The first-order chi connectivity index (χ1) is 9.17. The average Bonchev–Trinajstić information content (AvgIpc) is 2.42. The molecule has 0 saturated carbocycles. The number of hydrogen-bond donors (Lipinski definition) is 1. The van der Waals surface area contributed by atoms with Crippen LogP contribution in [0.25, 0.3) is 6.08 Å². The van der Waals surface area contributed by atoms with Crippen LogP contribution in [0.5, 0.6) is 0 Å². The second-order valence-electron chi connectivity index (χ2n) is 3.93. The first-order valence-electron chi connectivity index (χ1n) is 5.99. The molecule has 1 amide bonds. The summed E-state index contributed by atoms with van der Waals surface area (Å²) in [6, 6.07) is 5.84. The number of aliphatic hydroxyl groups excluding tert-OH is 1. The van der Waals surface area contributed by atoms with E-state index in [2.05, 4.69) is 0 Å². The molecule has 0 saturated heterocycles. The summed E-state index contributed by atoms with van der Waals surface area (Å²) in [6.45, 7) is 0.996. The van der Waals surface area contributed by atoms with Gasteiger partial charge in [-0.3, -0.25) is 4.79 Å². The van der Waals surface area contributed by atoms with Crippen LogP contribution < -0.4 is 0 Å². The highest BCUT2D eigenvalue weighted by Gasteiger charge is 2.09. The molecular formula is C14H18FNO3. The fourth-order valence-electron chi connectivity index (χ4n) is 1.50. The molecule has 1 N–H and O–H groups in total. The molecule has 0 heterocycles. The highest BCUT2D eigenvalue weighted by molar-refractivity contribution is 5.91. The van der Waals surface area contributed by atoms with Gasteiger partial charge in [-0.05, 0) is 23.8 Å². The number of amides is 1. The van der Waals surface area contributed by atoms with Gasteiger partial charge in [0.25, 0.3) is 0 Å². The van der Waals surface area contributed by atoms with Gasteiger partial charge in [-0.2, -0.15) is 0 Å². The maximum absolute atomic E-state index is 12.7. The van der Waals surface area contributed by atoms with Gasteiger partial charge in [-0.1, -0.05) is 12.1 Å². The number of ether oxygens (including phenoxy) is 1. The topological polar surface area (TPSA) is 49.8 Å². The zero-order valence-corrected chi connectivity index (χ0v) is 10.9. The summed E-state index contributed by atoms with van der Waals surface area (Å²) in [5.41, 5.74) is 0.741. The molecule has 104 valence electrons. The third-order valence-corrected chi connectivity index (χ3v) is 2.54. The van der Waals surface area contributed by atoms with Crippen molar-refractivity contribution >= 4 is 12.0 Å². The van der Waals surface area contributed by atoms with E-state index in [-0.39, 0.29) is 24.9 Å². The van der Waals surface area contributed by atoms with Crippen molar-refractivity contribution in [3.8, 4) is 0 Å². The fraction of sp³-hybridized carbons (Fsp3) is 0.357. The quantitative estimate of drug-likeness (QED) is 0.758. The zero-order chi connectivity index (χ0) is 14.1. The Kier molecular flexibility index (Phi) is 6.78. The third kappa shape index (κ3) is 5.63. The van der Waals surface area contributed by atoms with Gasteiger partial charge < -0.3 is 14.7 Å². The monoisotopic (exact) mass is 267 g/mol. The molecule has 0 aromatic heterocycles. The molecular weight excluding hydrogens is 249 g/mol. The van der Waals surface area contributed by atoms with Gasteiger partial charge in [0.15, 0.2) is 0 Å². The molecule has 1 rings (SSSR count). The molecule has 1 aromatic carbocycles. The number of carbonyl (C=O) groups excluding carboxylic acids is 1. The van der Waals surface area contributed by atoms with Crippen molar-refractivity contribution in [1.29, 1.82) is 0 Å². The summed E-state index contributed by atoms with van der Waals surface area (Å²) in [5.74, 6) is -0.527. The second-order valence-corrected chi connectivity index (χ2v) is 3.93. The van der Waals surface area contributed by atoms with Crippen LogP contribution in [0.4, 0.5) is 4.39 Å². The van der Waals surface area contributed by atoms with Crippen molar-refractivity contribution in [1.82, 2.24) is 4.90 Å². The minimum absolute atomic E-state index is 0.0974. The Hall–Kier alpha value is -1.72. The third-order valence-electron chi connectivity index (χ3n) is 2.54. The van der Waals surface area contributed by atoms with Crippen molar-refractivity contribution < 1.29 is 19.0 Å². The van der Waals surface area contributed by atoms with Crippen molar-refractivity contribution in [3.63, 3.8) is 0 Å². The standard InChI is InChI=1S/C14H18FNO3/c1-19-11-9-16(8-10-17)14(18)7-4-12-2-5-13(15)6-3-12/h2-7,17H,8-11H2,1H3/b7-4+. The Bertz CT molecular complexity index is 417. The summed E-state index contributed by atoms with van der Waals surface area (Å²) >= 11 is 0. The van der Waals surface area contributed by atoms with Crippen LogP contribution in [0, 0.1) is 5.82 Å². The molecule has 0 aliphatic carbocycles. The van der Waals surface area contributed by atoms with E-state index < -0.39 is 0 Å². The first kappa shape index (κ1) is 15.3. The lowest BCUT2D eigenvalue weighted by Gasteiger charge is -2.19. The van der Waals surface area contributed by atoms with Crippen LogP contribution in [-0.2, 0) is 9.53 Å². The molecule has 0 spiro atoms. The van der Waals surface area contributed by atoms with E-state index in [9.17, 15) is 9.18 Å². The molecule has 0 radical (unpaired) electrons. The zero-order valence-electron chi connectivity index (χ0n) is 10.9. The summed E-state index contributed by atoms with van der Waals surface area (Å²) in [4.78, 5) is 13.4. The largest absolute Gasteiger partial charge is 0.395 e. The normalized spacial score (nSPS) is 10.9. The number of rotatable bonds is 7. The van der Waals surface area contributed by atoms with E-state index in [0.717, 1.165) is 5.56 Å². The number of aliphatic hydroxyl groups is 1. The average molecular weight is 267 g/mol. The molecule has 0 bridgehead atoms. The van der Waals surface area contributed by atoms with E-state index in [1.807, 2.05) is 0 Å². The molecule has 0 atom stereocenters. The van der Waals surface area contributed by atoms with Crippen molar-refractivity contribution in [2.24, 2.45) is 0 Å². The van der Waals surface area contributed by atoms with E-state index in [1.54, 1.807) is 25.3 Å². The highest BCUT2D eigenvalue weighted by Crippen LogP contribution is 2.05. The van der Waals surface area contributed by atoms with Gasteiger partial charge in [0.1, 0.15) is 5.82 Å². The van der Waals surface area contributed by atoms with Crippen molar-refractivity contribution in [3.05, 3.63) is 41.7 Å². The Labute approximate surface area is 112 Å². The molecule has 5 heteroatoms. The Morgan fingerprint density at radius 3 is 2.63 bits per heavy atom. The predicted molar refractivity (Wildman–Crippen MR) is 71.0 cm³/mol. The highest BCUT2D eigenvalue weighted by atomic mass is 19.1. The van der Waals surface area contributed by atoms with Gasteiger partial charge in [-0.15, -0.1) is 0 Å². The van der Waals surface area contributed by atoms with Crippen LogP contribution >= 0.6 is 0 Å². The molecule has 0 fully saturated rings. The smallest absolute Gasteiger partial charge is 0.246 e. The lowest BCUT2D eigenvalue weighted by molar-refractivity contribution is -0.127. The maximum Gasteiger partial charge on any atom is 0.246 e. The summed E-state index contributed by atoms with van der Waals surface area (Å²) < 4.78 is 17.6. The van der Waals surface area contributed by atoms with Gasteiger partial charge in [0.05, 0.1) is 13.2 Å². The Balaban J connectivity index is 2.61. The van der Waals surface area contributed by atoms with E-state index in [4.69, 9.17) is 9.84 Å². The lowest BCUT2D eigenvalue weighted by atomic mass is 10.2. The minimum atomic E-state index is -0.314. The number of nitrogens with zero attached hydrogens (tertiary/aromatic N) is 1. The number of methoxy groups -OCH3 is 1. The summed E-state index contributed by atoms with van der Waals surface area (Å²) in [7, 11) is 1.55. The SMILES string of the molecule is COCCN(CCO)C(=O)/C=C/c1ccc(F)cc1. The van der Waals surface area contributed by atoms with E-state index in [0.29, 0.717) is 13.2 Å². The molecule has 0 aliphatic heterocycles. The molecule has 0 unspecified atom stereocenters. The number of halogens is 1. The van der Waals surface area contributed by atoms with Crippen LogP contribution in [0.1, 0.15) is 5.56 Å². The van der Waals surface area contributed by atoms with Gasteiger partial charge >= 0.3 is 0 Å². The van der Waals surface area contributed by atoms with Gasteiger partial charge in [-0.25, -0.2) is 4.39 Å². The van der Waals surface area contributed by atoms with Crippen LogP contribution in [0.2, 0.25) is 0 Å². The lowest BCUT2D eigenvalue weighted by Crippen LogP contribution is -2.34. The van der Waals surface area contributed by atoms with E-state index in [1.165, 1.54) is 23.1 Å². The molecule has 4 nitrogen and oxygen atoms in total. The first-order valence-corrected chi connectivity index (χ1v) is 5.99. The summed E-state index contributed by atoms with van der Waals surface area (Å²) in [6.07, 6.45) is 3.01. The number of benzene rings is 1. The Morgan fingerprint density at radius 2 is 2.05 bits per heavy atom. The second kappa shape index (κ2) is 8.39. The summed E-state index contributed by atoms with van der Waals surface area (Å²) in [5, 5.41) is 8.90. The predicted octanol–water partition coefficient (Wildman–Crippen LogP) is 1.31. The van der Waals surface area contributed by atoms with Crippen LogP contribution in [0.15, 0.2) is 30.3 Å². The molecule has 0 aliphatic rings. The fourth-order valence-corrected chi connectivity index (χ4v) is 1.50. The van der Waals surface area contributed by atoms with Gasteiger partial charge in [0, 0.05) is 26.3 Å². The van der Waals surface area contributed by atoms with Crippen LogP contribution in [0.3, 0.4) is 0 Å². The van der Waals surface area contributed by atoms with Crippen molar-refractivity contribution in [2.45, 2.75) is 0 Å². The number of hydrogen-bond acceptors (Lipinski definition) is 3. The van der Waals surface area contributed by atoms with Crippen LogP contribution in [-0.4, -0.2) is 49.3 Å². The van der Waals surface area contributed by atoms with E-state index >= 15 is 0 Å². The molecule has 19 heavy (non-hydrogen) atoms. The van der Waals surface area contributed by atoms with Gasteiger partial charge in [0.2, 0.25) is 5.91 Å². The maximum atomic E-state index is 12.7. The molecule has 1 aromatic rings. The minimum Gasteiger partial charge on any atom is -0.395 e. The van der Waals surface area contributed by atoms with Crippen molar-refractivity contribution in [2.75, 3.05) is 33.4 Å².